The minimum atomic E-state index is -2.37. The van der Waals surface area contributed by atoms with Gasteiger partial charge in [-0.05, 0) is 83.9 Å². The number of benzene rings is 10. The zero-order valence-corrected chi connectivity index (χ0v) is 38.9. The normalized spacial score (nSPS) is 11.7. The molecule has 10 aromatic carbocycles. The molecule has 6 nitrogen and oxygen atoms in total. The number of azo groups is 2. The van der Waals surface area contributed by atoms with Crippen molar-refractivity contribution in [2.45, 2.75) is 0 Å². The predicted molar refractivity (Wildman–Crippen MR) is 288 cm³/mol. The first-order valence-corrected chi connectivity index (χ1v) is 26.0. The third-order valence-electron chi connectivity index (χ3n) is 11.6. The second-order valence-corrected chi connectivity index (χ2v) is 22.1. The molecule has 0 spiro atoms. The molecular formula is C60H46N6P2. The van der Waals surface area contributed by atoms with Crippen molar-refractivity contribution in [1.82, 2.24) is 0 Å². The van der Waals surface area contributed by atoms with Gasteiger partial charge in [-0.3, -0.25) is 9.49 Å². The Labute approximate surface area is 398 Å². The van der Waals surface area contributed by atoms with Gasteiger partial charge in [-0.25, -0.2) is 0 Å². The van der Waals surface area contributed by atoms with E-state index in [4.69, 9.17) is 9.49 Å². The fourth-order valence-electron chi connectivity index (χ4n) is 8.29. The van der Waals surface area contributed by atoms with Crippen LogP contribution in [0.2, 0.25) is 0 Å². The van der Waals surface area contributed by atoms with Crippen molar-refractivity contribution >= 4 is 80.1 Å². The molecule has 0 aliphatic rings. The van der Waals surface area contributed by atoms with E-state index in [9.17, 15) is 0 Å². The number of rotatable bonds is 13. The van der Waals surface area contributed by atoms with E-state index in [1.165, 1.54) is 31.8 Å². The third kappa shape index (κ3) is 9.56. The van der Waals surface area contributed by atoms with E-state index < -0.39 is 14.1 Å². The largest absolute Gasteiger partial charge is 0.254 e. The zero-order chi connectivity index (χ0) is 45.9. The van der Waals surface area contributed by atoms with E-state index in [2.05, 4.69) is 227 Å². The van der Waals surface area contributed by atoms with Gasteiger partial charge < -0.3 is 0 Å². The molecule has 0 unspecified atom stereocenters. The monoisotopic (exact) mass is 912 g/mol. The second kappa shape index (κ2) is 20.6. The number of hydrogen-bond acceptors (Lipinski definition) is 6. The molecule has 0 aliphatic carbocycles. The van der Waals surface area contributed by atoms with Crippen LogP contribution in [0.3, 0.4) is 0 Å². The molecule has 68 heavy (non-hydrogen) atoms. The third-order valence-corrected chi connectivity index (χ3v) is 19.0. The molecular weight excluding hydrogens is 867 g/mol. The molecule has 0 saturated carbocycles. The van der Waals surface area contributed by atoms with Crippen LogP contribution in [0.15, 0.2) is 309 Å². The van der Waals surface area contributed by atoms with Crippen molar-refractivity contribution in [2.75, 3.05) is 0 Å². The maximum atomic E-state index is 5.59. The first kappa shape index (κ1) is 43.7. The van der Waals surface area contributed by atoms with E-state index in [0.29, 0.717) is 0 Å². The molecule has 0 saturated heterocycles. The summed E-state index contributed by atoms with van der Waals surface area (Å²) < 4.78 is 11.2. The molecule has 0 bridgehead atoms. The highest BCUT2D eigenvalue weighted by molar-refractivity contribution is 7.88. The highest BCUT2D eigenvalue weighted by Gasteiger charge is 2.28. The molecule has 0 atom stereocenters. The molecule has 0 aromatic heterocycles. The fourth-order valence-corrected chi connectivity index (χ4v) is 15.4. The van der Waals surface area contributed by atoms with Crippen molar-refractivity contribution in [3.8, 4) is 11.1 Å². The molecule has 0 radical (unpaired) electrons. The smallest absolute Gasteiger partial charge is 0.0858 e. The van der Waals surface area contributed by atoms with Crippen molar-refractivity contribution in [3.05, 3.63) is 279 Å². The first-order valence-electron chi connectivity index (χ1n) is 22.5. The predicted octanol–water partition coefficient (Wildman–Crippen LogP) is 15.8. The lowest BCUT2D eigenvalue weighted by Gasteiger charge is -2.27. The van der Waals surface area contributed by atoms with E-state index in [0.717, 1.165) is 45.3 Å². The van der Waals surface area contributed by atoms with Gasteiger partial charge >= 0.3 is 0 Å². The molecule has 0 aliphatic heterocycles. The molecule has 326 valence electrons. The van der Waals surface area contributed by atoms with E-state index in [-0.39, 0.29) is 0 Å². The van der Waals surface area contributed by atoms with Crippen molar-refractivity contribution in [2.24, 2.45) is 29.9 Å². The van der Waals surface area contributed by atoms with Crippen molar-refractivity contribution < 1.29 is 0 Å². The van der Waals surface area contributed by atoms with Crippen LogP contribution in [-0.2, 0) is 0 Å². The van der Waals surface area contributed by atoms with Gasteiger partial charge in [0.25, 0.3) is 0 Å². The zero-order valence-electron chi connectivity index (χ0n) is 37.1. The Balaban J connectivity index is 0.831. The second-order valence-electron chi connectivity index (χ2n) is 16.0. The summed E-state index contributed by atoms with van der Waals surface area (Å²) in [5.41, 5.74) is 6.96. The van der Waals surface area contributed by atoms with E-state index in [1.54, 1.807) is 0 Å². The summed E-state index contributed by atoms with van der Waals surface area (Å²) >= 11 is 0. The summed E-state index contributed by atoms with van der Waals surface area (Å²) in [4.78, 5) is 0. The SMILES string of the molecule is c1ccc(P(=Nc2ccc(N=Nc3ccc(-c4ccc(N=Nc5ccc(N=P(c6ccccc6)(c6ccccc6)c6ccccc6)cc5)cc4)cc3)cc2)(c2ccccc2)c2ccccc2)cc1. The molecule has 0 heterocycles. The van der Waals surface area contributed by atoms with Gasteiger partial charge in [0, 0.05) is 31.8 Å². The van der Waals surface area contributed by atoms with Gasteiger partial charge in [0.15, 0.2) is 0 Å². The van der Waals surface area contributed by atoms with Crippen LogP contribution in [0.4, 0.5) is 34.1 Å². The van der Waals surface area contributed by atoms with Gasteiger partial charge in [0.05, 0.1) is 48.2 Å². The maximum absolute atomic E-state index is 5.59. The van der Waals surface area contributed by atoms with Gasteiger partial charge in [-0.2, -0.15) is 20.5 Å². The Morgan fingerprint density at radius 3 is 0.559 bits per heavy atom. The Bertz CT molecular complexity index is 2950. The standard InChI is InChI=1S/C60H46N6P2/c1-7-19-55(20-8-1)67(56-21-9-2-10-22-56,57-23-11-3-12-24-57)65-53-43-39-51(40-44-53)63-61-49-35-31-47(32-36-49)48-33-37-50(38-34-48)62-64-52-41-45-54(46-42-52)66-68(58-25-13-4-14-26-58,59-27-15-5-16-28-59)60-29-17-6-18-30-60/h1-46H. The van der Waals surface area contributed by atoms with Crippen molar-refractivity contribution in [1.29, 1.82) is 0 Å². The van der Waals surface area contributed by atoms with Crippen LogP contribution in [0.25, 0.3) is 11.1 Å². The highest BCUT2D eigenvalue weighted by atomic mass is 31.2. The van der Waals surface area contributed by atoms with Crippen LogP contribution in [0, 0.1) is 0 Å². The Kier molecular flexibility index (Phi) is 13.2. The molecule has 10 rings (SSSR count). The summed E-state index contributed by atoms with van der Waals surface area (Å²) in [6.45, 7) is 0. The van der Waals surface area contributed by atoms with Gasteiger partial charge in [-0.1, -0.05) is 206 Å². The van der Waals surface area contributed by atoms with Crippen LogP contribution in [0.1, 0.15) is 0 Å². The maximum Gasteiger partial charge on any atom is 0.0858 e. The summed E-state index contributed by atoms with van der Waals surface area (Å²) in [5.74, 6) is 0. The van der Waals surface area contributed by atoms with Crippen LogP contribution in [0.5, 0.6) is 0 Å². The van der Waals surface area contributed by atoms with Gasteiger partial charge in [-0.15, -0.1) is 0 Å². The van der Waals surface area contributed by atoms with Gasteiger partial charge in [0.1, 0.15) is 0 Å². The molecule has 8 heteroatoms. The Morgan fingerprint density at radius 1 is 0.176 bits per heavy atom. The lowest BCUT2D eigenvalue weighted by molar-refractivity contribution is 1.23. The number of nitrogens with zero attached hydrogens (tertiary/aromatic N) is 6. The van der Waals surface area contributed by atoms with Crippen LogP contribution >= 0.6 is 14.1 Å². The summed E-state index contributed by atoms with van der Waals surface area (Å²) in [6.07, 6.45) is 0. The van der Waals surface area contributed by atoms with Crippen LogP contribution in [-0.4, -0.2) is 0 Å². The molecule has 0 N–H and O–H groups in total. The lowest BCUT2D eigenvalue weighted by atomic mass is 10.1. The Morgan fingerprint density at radius 2 is 0.353 bits per heavy atom. The van der Waals surface area contributed by atoms with Crippen molar-refractivity contribution in [3.63, 3.8) is 0 Å². The topological polar surface area (TPSA) is 74.2 Å². The molecule has 0 fully saturated rings. The summed E-state index contributed by atoms with van der Waals surface area (Å²) in [7, 11) is -4.75. The lowest BCUT2D eigenvalue weighted by Crippen LogP contribution is -2.25. The quantitative estimate of drug-likeness (QED) is 0.0816. The number of hydrogen-bond donors (Lipinski definition) is 0. The summed E-state index contributed by atoms with van der Waals surface area (Å²) in [5, 5.41) is 25.5. The van der Waals surface area contributed by atoms with E-state index >= 15 is 0 Å². The minimum Gasteiger partial charge on any atom is -0.254 e. The summed E-state index contributed by atoms with van der Waals surface area (Å²) in [6, 6.07) is 96.1. The fraction of sp³-hybridized carbons (Fsp3) is 0. The average molecular weight is 913 g/mol. The molecule has 10 aromatic rings. The molecule has 0 amide bonds. The van der Waals surface area contributed by atoms with E-state index in [1.807, 2.05) is 72.8 Å². The average Bonchev–Trinajstić information content (AvgIpc) is 3.43. The minimum absolute atomic E-state index is 0.754. The highest BCUT2D eigenvalue weighted by Crippen LogP contribution is 2.50. The first-order chi connectivity index (χ1) is 33.7. The Hall–Kier alpha value is -8.14. The van der Waals surface area contributed by atoms with Crippen LogP contribution < -0.4 is 31.8 Å². The van der Waals surface area contributed by atoms with Gasteiger partial charge in [0.2, 0.25) is 0 Å².